The van der Waals surface area contributed by atoms with Crippen LogP contribution in [0.25, 0.3) is 6.08 Å². The third-order valence-corrected chi connectivity index (χ3v) is 1.57. The van der Waals surface area contributed by atoms with Crippen LogP contribution in [0.5, 0.6) is 0 Å². The van der Waals surface area contributed by atoms with E-state index in [1.54, 1.807) is 19.1 Å². The van der Waals surface area contributed by atoms with Gasteiger partial charge in [-0.3, -0.25) is 4.98 Å². The van der Waals surface area contributed by atoms with Gasteiger partial charge in [-0.05, 0) is 24.6 Å². The van der Waals surface area contributed by atoms with Crippen LogP contribution in [0.1, 0.15) is 17.7 Å². The molecule has 0 saturated heterocycles. The molecule has 0 spiro atoms. The number of halogens is 1. The molecule has 0 atom stereocenters. The predicted molar refractivity (Wildman–Crippen MR) is 48.2 cm³/mol. The van der Waals surface area contributed by atoms with Crippen LogP contribution >= 0.6 is 0 Å². The maximum atomic E-state index is 12.6. The zero-order valence-corrected chi connectivity index (χ0v) is 7.29. The van der Waals surface area contributed by atoms with Crippen LogP contribution in [0.2, 0.25) is 0 Å². The highest BCUT2D eigenvalue weighted by molar-refractivity contribution is 5.48. The fraction of sp³-hybridized carbons (Fsp3) is 0.200. The van der Waals surface area contributed by atoms with Gasteiger partial charge in [-0.2, -0.15) is 5.26 Å². The number of pyridine rings is 1. The van der Waals surface area contributed by atoms with Gasteiger partial charge in [-0.25, -0.2) is 4.39 Å². The normalized spacial score (nSPS) is 10.2. The summed E-state index contributed by atoms with van der Waals surface area (Å²) in [5.41, 5.74) is 1.48. The Labute approximate surface area is 76.3 Å². The minimum absolute atomic E-state index is 0.338. The molecule has 0 aliphatic carbocycles. The molecule has 0 aromatic carbocycles. The molecule has 0 bridgehead atoms. The van der Waals surface area contributed by atoms with Gasteiger partial charge in [0.15, 0.2) is 0 Å². The number of aromatic nitrogens is 1. The number of rotatable bonds is 2. The molecular formula is C10H9FN2. The highest BCUT2D eigenvalue weighted by atomic mass is 19.1. The molecule has 0 saturated carbocycles. The van der Waals surface area contributed by atoms with Crippen molar-refractivity contribution < 1.29 is 4.39 Å². The Morgan fingerprint density at radius 2 is 2.46 bits per heavy atom. The van der Waals surface area contributed by atoms with Gasteiger partial charge >= 0.3 is 0 Å². The average molecular weight is 176 g/mol. The number of nitriles is 1. The van der Waals surface area contributed by atoms with E-state index in [9.17, 15) is 4.39 Å². The monoisotopic (exact) mass is 176 g/mol. The van der Waals surface area contributed by atoms with Crippen molar-refractivity contribution in [2.45, 2.75) is 13.3 Å². The summed E-state index contributed by atoms with van der Waals surface area (Å²) >= 11 is 0. The topological polar surface area (TPSA) is 36.7 Å². The minimum Gasteiger partial charge on any atom is -0.254 e. The van der Waals surface area contributed by atoms with Crippen LogP contribution in [-0.2, 0) is 0 Å². The molecule has 1 aromatic rings. The summed E-state index contributed by atoms with van der Waals surface area (Å²) in [7, 11) is 0. The Balaban J connectivity index is 2.85. The lowest BCUT2D eigenvalue weighted by molar-refractivity contribution is 0.619. The molecule has 0 amide bonds. The maximum absolute atomic E-state index is 12.6. The molecule has 0 aliphatic rings. The Bertz CT molecular complexity index is 364. The number of hydrogen-bond acceptors (Lipinski definition) is 2. The van der Waals surface area contributed by atoms with E-state index in [-0.39, 0.29) is 5.82 Å². The van der Waals surface area contributed by atoms with Gasteiger partial charge in [0.2, 0.25) is 0 Å². The molecule has 0 aliphatic heterocycles. The second-order valence-corrected chi connectivity index (χ2v) is 2.62. The van der Waals surface area contributed by atoms with Crippen LogP contribution in [0.4, 0.5) is 4.39 Å². The fourth-order valence-corrected chi connectivity index (χ4v) is 0.949. The maximum Gasteiger partial charge on any atom is 0.141 e. The number of allylic oxidation sites excluding steroid dienone is 1. The Kier molecular flexibility index (Phi) is 3.15. The van der Waals surface area contributed by atoms with Crippen LogP contribution < -0.4 is 0 Å². The van der Waals surface area contributed by atoms with Crippen molar-refractivity contribution in [2.75, 3.05) is 0 Å². The molecular weight excluding hydrogens is 167 g/mol. The summed E-state index contributed by atoms with van der Waals surface area (Å²) in [5, 5.41) is 8.28. The molecule has 0 unspecified atom stereocenters. The van der Waals surface area contributed by atoms with Crippen molar-refractivity contribution in [3.05, 3.63) is 35.4 Å². The zero-order valence-electron chi connectivity index (χ0n) is 7.29. The minimum atomic E-state index is -0.338. The van der Waals surface area contributed by atoms with Crippen molar-refractivity contribution in [1.82, 2.24) is 4.98 Å². The third-order valence-electron chi connectivity index (χ3n) is 1.57. The fourth-order valence-electron chi connectivity index (χ4n) is 0.949. The lowest BCUT2D eigenvalue weighted by atomic mass is 10.2. The second-order valence-electron chi connectivity index (χ2n) is 2.62. The van der Waals surface area contributed by atoms with Crippen molar-refractivity contribution in [1.29, 1.82) is 5.26 Å². The van der Waals surface area contributed by atoms with E-state index in [2.05, 4.69) is 4.98 Å². The second kappa shape index (κ2) is 4.36. The van der Waals surface area contributed by atoms with Gasteiger partial charge in [0, 0.05) is 0 Å². The summed E-state index contributed by atoms with van der Waals surface area (Å²) in [6.45, 7) is 1.78. The van der Waals surface area contributed by atoms with E-state index < -0.39 is 0 Å². The SMILES string of the molecule is Cc1cc(F)cnc1C=CCC#N. The molecule has 66 valence electrons. The lowest BCUT2D eigenvalue weighted by Gasteiger charge is -1.97. The van der Waals surface area contributed by atoms with Gasteiger partial charge in [-0.15, -0.1) is 0 Å². The first-order chi connectivity index (χ1) is 6.24. The Morgan fingerprint density at radius 1 is 1.69 bits per heavy atom. The summed E-state index contributed by atoms with van der Waals surface area (Å²) in [4.78, 5) is 3.88. The van der Waals surface area contributed by atoms with E-state index in [0.717, 1.165) is 5.56 Å². The molecule has 3 heteroatoms. The molecule has 1 rings (SSSR count). The smallest absolute Gasteiger partial charge is 0.141 e. The highest BCUT2D eigenvalue weighted by Crippen LogP contribution is 2.08. The first-order valence-electron chi connectivity index (χ1n) is 3.89. The molecule has 0 radical (unpaired) electrons. The standard InChI is InChI=1S/C10H9FN2/c1-8-6-9(11)7-13-10(8)4-2-3-5-12/h2,4,6-7H,3H2,1H3. The third kappa shape index (κ3) is 2.68. The quantitative estimate of drug-likeness (QED) is 0.694. The lowest BCUT2D eigenvalue weighted by Crippen LogP contribution is -1.87. The van der Waals surface area contributed by atoms with Crippen LogP contribution in [-0.4, -0.2) is 4.98 Å². The van der Waals surface area contributed by atoms with Gasteiger partial charge in [0.1, 0.15) is 5.82 Å². The summed E-state index contributed by atoms with van der Waals surface area (Å²) in [5.74, 6) is -0.338. The van der Waals surface area contributed by atoms with E-state index in [4.69, 9.17) is 5.26 Å². The number of aryl methyl sites for hydroxylation is 1. The molecule has 1 heterocycles. The van der Waals surface area contributed by atoms with Gasteiger partial charge in [0.05, 0.1) is 24.4 Å². The molecule has 1 aromatic heterocycles. The molecule has 2 nitrogen and oxygen atoms in total. The van der Waals surface area contributed by atoms with Crippen LogP contribution in [0.3, 0.4) is 0 Å². The average Bonchev–Trinajstić information content (AvgIpc) is 2.09. The largest absolute Gasteiger partial charge is 0.254 e. The zero-order chi connectivity index (χ0) is 9.68. The summed E-state index contributed by atoms with van der Waals surface area (Å²) in [6.07, 6.45) is 4.93. The first-order valence-corrected chi connectivity index (χ1v) is 3.89. The van der Waals surface area contributed by atoms with Crippen molar-refractivity contribution >= 4 is 6.08 Å². The van der Waals surface area contributed by atoms with E-state index >= 15 is 0 Å². The van der Waals surface area contributed by atoms with Crippen molar-refractivity contribution in [2.24, 2.45) is 0 Å². The van der Waals surface area contributed by atoms with Crippen molar-refractivity contribution in [3.8, 4) is 6.07 Å². The number of hydrogen-bond donors (Lipinski definition) is 0. The summed E-state index contributed by atoms with van der Waals surface area (Å²) in [6, 6.07) is 3.40. The molecule has 0 fully saturated rings. The number of nitrogens with zero attached hydrogens (tertiary/aromatic N) is 2. The Morgan fingerprint density at radius 3 is 3.08 bits per heavy atom. The predicted octanol–water partition coefficient (Wildman–Crippen LogP) is 2.46. The van der Waals surface area contributed by atoms with E-state index in [1.165, 1.54) is 12.3 Å². The Hall–Kier alpha value is -1.69. The highest BCUT2D eigenvalue weighted by Gasteiger charge is 1.96. The summed E-state index contributed by atoms with van der Waals surface area (Å²) < 4.78 is 12.6. The molecule has 13 heavy (non-hydrogen) atoms. The first kappa shape index (κ1) is 9.40. The van der Waals surface area contributed by atoms with E-state index in [1.807, 2.05) is 6.07 Å². The van der Waals surface area contributed by atoms with Gasteiger partial charge in [-0.1, -0.05) is 6.08 Å². The van der Waals surface area contributed by atoms with Gasteiger partial charge < -0.3 is 0 Å². The van der Waals surface area contributed by atoms with E-state index in [0.29, 0.717) is 12.1 Å². The van der Waals surface area contributed by atoms with Crippen LogP contribution in [0.15, 0.2) is 18.3 Å². The van der Waals surface area contributed by atoms with Crippen LogP contribution in [0, 0.1) is 24.1 Å². The van der Waals surface area contributed by atoms with Gasteiger partial charge in [0.25, 0.3) is 0 Å². The molecule has 0 N–H and O–H groups in total. The van der Waals surface area contributed by atoms with Crippen molar-refractivity contribution in [3.63, 3.8) is 0 Å².